The molecule has 32 heavy (non-hydrogen) atoms. The van der Waals surface area contributed by atoms with Gasteiger partial charge in [0.25, 0.3) is 5.56 Å². The Kier molecular flexibility index (Phi) is 6.84. The predicted octanol–water partition coefficient (Wildman–Crippen LogP) is 5.41. The van der Waals surface area contributed by atoms with Gasteiger partial charge in [0.15, 0.2) is 5.16 Å². The van der Waals surface area contributed by atoms with Crippen molar-refractivity contribution < 1.29 is 4.79 Å². The molecule has 1 heterocycles. The van der Waals surface area contributed by atoms with E-state index in [1.165, 1.54) is 16.3 Å². The SMILES string of the molecule is Cc1ccc(-n2c(SCC(=O)NCc3cccc(Cl)c3)nc3ccccc3c2=O)cc1Cl. The summed E-state index contributed by atoms with van der Waals surface area (Å²) < 4.78 is 1.50. The van der Waals surface area contributed by atoms with Crippen molar-refractivity contribution in [2.75, 3.05) is 5.75 Å². The first-order valence-electron chi connectivity index (χ1n) is 9.84. The number of hydrogen-bond donors (Lipinski definition) is 1. The maximum Gasteiger partial charge on any atom is 0.266 e. The number of nitrogens with one attached hydrogen (secondary N) is 1. The van der Waals surface area contributed by atoms with Crippen LogP contribution in [-0.2, 0) is 11.3 Å². The molecule has 4 aromatic rings. The van der Waals surface area contributed by atoms with Gasteiger partial charge < -0.3 is 5.32 Å². The standard InChI is InChI=1S/C24H19Cl2N3O2S/c1-15-9-10-18(12-20(15)26)29-23(31)19-7-2-3-8-21(19)28-24(29)32-14-22(30)27-13-16-5-4-6-17(25)11-16/h2-12H,13-14H2,1H3,(H,27,30). The summed E-state index contributed by atoms with van der Waals surface area (Å²) in [7, 11) is 0. The molecule has 0 radical (unpaired) electrons. The molecule has 4 rings (SSSR count). The highest BCUT2D eigenvalue weighted by molar-refractivity contribution is 7.99. The number of carbonyl (C=O) groups excluding carboxylic acids is 1. The van der Waals surface area contributed by atoms with E-state index in [4.69, 9.17) is 23.2 Å². The smallest absolute Gasteiger partial charge is 0.266 e. The van der Waals surface area contributed by atoms with Crippen LogP contribution in [0.1, 0.15) is 11.1 Å². The van der Waals surface area contributed by atoms with Crippen molar-refractivity contribution in [2.24, 2.45) is 0 Å². The summed E-state index contributed by atoms with van der Waals surface area (Å²) in [5, 5.41) is 4.96. The van der Waals surface area contributed by atoms with Gasteiger partial charge in [-0.15, -0.1) is 0 Å². The van der Waals surface area contributed by atoms with E-state index in [0.29, 0.717) is 38.3 Å². The van der Waals surface area contributed by atoms with Gasteiger partial charge in [0.2, 0.25) is 5.91 Å². The summed E-state index contributed by atoms with van der Waals surface area (Å²) in [5.41, 5.74) is 2.79. The molecule has 0 saturated carbocycles. The number of benzene rings is 3. The van der Waals surface area contributed by atoms with Gasteiger partial charge in [0.1, 0.15) is 0 Å². The summed E-state index contributed by atoms with van der Waals surface area (Å²) in [6.07, 6.45) is 0. The van der Waals surface area contributed by atoms with Crippen LogP contribution in [0.5, 0.6) is 0 Å². The van der Waals surface area contributed by atoms with Crippen LogP contribution in [0.2, 0.25) is 10.0 Å². The molecule has 0 aliphatic heterocycles. The van der Waals surface area contributed by atoms with Crippen LogP contribution < -0.4 is 10.9 Å². The first-order chi connectivity index (χ1) is 15.4. The third-order valence-corrected chi connectivity index (χ3v) is 6.45. The molecule has 0 bridgehead atoms. The van der Waals surface area contributed by atoms with Crippen LogP contribution in [0, 0.1) is 6.92 Å². The number of fused-ring (bicyclic) bond motifs is 1. The molecule has 0 aliphatic carbocycles. The lowest BCUT2D eigenvalue weighted by Gasteiger charge is -2.14. The van der Waals surface area contributed by atoms with Gasteiger partial charge in [-0.3, -0.25) is 14.2 Å². The first-order valence-corrected chi connectivity index (χ1v) is 11.6. The molecule has 1 amide bonds. The Morgan fingerprint density at radius 1 is 1.06 bits per heavy atom. The molecular formula is C24H19Cl2N3O2S. The lowest BCUT2D eigenvalue weighted by atomic mass is 10.2. The molecule has 0 saturated heterocycles. The van der Waals surface area contributed by atoms with Gasteiger partial charge >= 0.3 is 0 Å². The van der Waals surface area contributed by atoms with Crippen LogP contribution in [-0.4, -0.2) is 21.2 Å². The van der Waals surface area contributed by atoms with Crippen molar-refractivity contribution in [3.8, 4) is 5.69 Å². The summed E-state index contributed by atoms with van der Waals surface area (Å²) in [4.78, 5) is 30.4. The maximum absolute atomic E-state index is 13.3. The van der Waals surface area contributed by atoms with Crippen molar-refractivity contribution in [3.63, 3.8) is 0 Å². The van der Waals surface area contributed by atoms with Gasteiger partial charge in [0, 0.05) is 16.6 Å². The van der Waals surface area contributed by atoms with Gasteiger partial charge in [-0.1, -0.05) is 65.3 Å². The van der Waals surface area contributed by atoms with Crippen molar-refractivity contribution >= 4 is 51.8 Å². The van der Waals surface area contributed by atoms with E-state index in [1.807, 2.05) is 37.3 Å². The van der Waals surface area contributed by atoms with Crippen molar-refractivity contribution in [3.05, 3.63) is 98.3 Å². The number of thioether (sulfide) groups is 1. The summed E-state index contributed by atoms with van der Waals surface area (Å²) in [5.74, 6) is -0.0730. The average molecular weight is 484 g/mol. The minimum Gasteiger partial charge on any atom is -0.351 e. The van der Waals surface area contributed by atoms with Crippen molar-refractivity contribution in [1.29, 1.82) is 0 Å². The molecule has 0 atom stereocenters. The highest BCUT2D eigenvalue weighted by Gasteiger charge is 2.15. The largest absolute Gasteiger partial charge is 0.351 e. The molecule has 0 fully saturated rings. The van der Waals surface area contributed by atoms with Gasteiger partial charge in [-0.2, -0.15) is 0 Å². The molecule has 3 aromatic carbocycles. The summed E-state index contributed by atoms with van der Waals surface area (Å²) >= 11 is 13.5. The lowest BCUT2D eigenvalue weighted by molar-refractivity contribution is -0.118. The van der Waals surface area contributed by atoms with Gasteiger partial charge in [-0.05, 0) is 54.4 Å². The van der Waals surface area contributed by atoms with Crippen LogP contribution in [0.25, 0.3) is 16.6 Å². The Labute approximate surface area is 199 Å². The zero-order valence-electron chi connectivity index (χ0n) is 17.1. The van der Waals surface area contributed by atoms with E-state index in [0.717, 1.165) is 11.1 Å². The zero-order chi connectivity index (χ0) is 22.7. The number of halogens is 2. The molecular weight excluding hydrogens is 465 g/mol. The quantitative estimate of drug-likeness (QED) is 0.294. The fraction of sp³-hybridized carbons (Fsp3) is 0.125. The van der Waals surface area contributed by atoms with E-state index in [1.54, 1.807) is 36.4 Å². The third kappa shape index (κ3) is 4.99. The van der Waals surface area contributed by atoms with Gasteiger partial charge in [0.05, 0.1) is 22.3 Å². The molecule has 8 heteroatoms. The Bertz CT molecular complexity index is 1370. The Hall–Kier alpha value is -2.80. The fourth-order valence-electron chi connectivity index (χ4n) is 3.19. The number of carbonyl (C=O) groups is 1. The summed E-state index contributed by atoms with van der Waals surface area (Å²) in [6.45, 7) is 2.26. The average Bonchev–Trinajstić information content (AvgIpc) is 2.78. The number of amides is 1. The highest BCUT2D eigenvalue weighted by Crippen LogP contribution is 2.24. The van der Waals surface area contributed by atoms with Crippen molar-refractivity contribution in [1.82, 2.24) is 14.9 Å². The Morgan fingerprint density at radius 2 is 1.88 bits per heavy atom. The molecule has 0 unspecified atom stereocenters. The minimum absolute atomic E-state index is 0.102. The van der Waals surface area contributed by atoms with Crippen molar-refractivity contribution in [2.45, 2.75) is 18.6 Å². The normalized spacial score (nSPS) is 11.0. The van der Waals surface area contributed by atoms with E-state index in [9.17, 15) is 9.59 Å². The Morgan fingerprint density at radius 3 is 2.66 bits per heavy atom. The van der Waals surface area contributed by atoms with E-state index in [-0.39, 0.29) is 17.2 Å². The lowest BCUT2D eigenvalue weighted by Crippen LogP contribution is -2.26. The summed E-state index contributed by atoms with van der Waals surface area (Å²) in [6, 6.07) is 19.9. The number of aromatic nitrogens is 2. The number of hydrogen-bond acceptors (Lipinski definition) is 4. The van der Waals surface area contributed by atoms with Crippen LogP contribution >= 0.6 is 35.0 Å². The van der Waals surface area contributed by atoms with E-state index >= 15 is 0 Å². The fourth-order valence-corrected chi connectivity index (χ4v) is 4.42. The Balaban J connectivity index is 1.61. The predicted molar refractivity (Wildman–Crippen MR) is 131 cm³/mol. The topological polar surface area (TPSA) is 64.0 Å². The van der Waals surface area contributed by atoms with E-state index in [2.05, 4.69) is 10.3 Å². The number of rotatable bonds is 6. The molecule has 162 valence electrons. The van der Waals surface area contributed by atoms with Crippen LogP contribution in [0.3, 0.4) is 0 Å². The minimum atomic E-state index is -0.211. The highest BCUT2D eigenvalue weighted by atomic mass is 35.5. The van der Waals surface area contributed by atoms with Gasteiger partial charge in [-0.25, -0.2) is 4.98 Å². The maximum atomic E-state index is 13.3. The molecule has 0 aliphatic rings. The third-order valence-electron chi connectivity index (χ3n) is 4.87. The second-order valence-corrected chi connectivity index (χ2v) is 8.97. The number of para-hydroxylation sites is 1. The van der Waals surface area contributed by atoms with Crippen LogP contribution in [0.15, 0.2) is 76.7 Å². The number of nitrogens with zero attached hydrogens (tertiary/aromatic N) is 2. The monoisotopic (exact) mass is 483 g/mol. The molecule has 1 N–H and O–H groups in total. The number of aryl methyl sites for hydroxylation is 1. The molecule has 1 aromatic heterocycles. The zero-order valence-corrected chi connectivity index (χ0v) is 19.5. The van der Waals surface area contributed by atoms with E-state index < -0.39 is 0 Å². The first kappa shape index (κ1) is 22.4. The van der Waals surface area contributed by atoms with Crippen LogP contribution in [0.4, 0.5) is 0 Å². The second-order valence-electron chi connectivity index (χ2n) is 7.18. The molecule has 5 nitrogen and oxygen atoms in total. The molecule has 0 spiro atoms. The second kappa shape index (κ2) is 9.77.